The standard InChI is InChI=1S/C28H25Cl2F3N8O4/c1-3-18-23(39-6-8-40(9-7-39)27(45)22-24(43)14(2)35-13-36-22)25(44)21-26(38-19(30)11-34-21)41(18)12-20(42)37-17-5-4-15(10-16(17)29)28(31,32)33/h4-5,10-11,13,43H,3,6-9,12H2,1-2H3,(H,37,42). The van der Waals surface area contributed by atoms with Gasteiger partial charge in [-0.05, 0) is 31.5 Å². The second-order valence-electron chi connectivity index (χ2n) is 10.1. The molecule has 1 aliphatic heterocycles. The predicted octanol–water partition coefficient (Wildman–Crippen LogP) is 4.08. The summed E-state index contributed by atoms with van der Waals surface area (Å²) in [6.07, 6.45) is -1.93. The number of piperazine rings is 1. The van der Waals surface area contributed by atoms with Gasteiger partial charge in [0.05, 0.1) is 28.2 Å². The fraction of sp³-hybridized carbons (Fsp3) is 0.321. The first kappa shape index (κ1) is 31.9. The minimum Gasteiger partial charge on any atom is -0.504 e. The highest BCUT2D eigenvalue weighted by Crippen LogP contribution is 2.34. The largest absolute Gasteiger partial charge is 0.504 e. The highest BCUT2D eigenvalue weighted by Gasteiger charge is 2.32. The number of pyridine rings is 1. The molecular weight excluding hydrogens is 640 g/mol. The van der Waals surface area contributed by atoms with E-state index < -0.39 is 35.5 Å². The molecule has 0 aliphatic carbocycles. The van der Waals surface area contributed by atoms with Crippen LogP contribution in [0.1, 0.15) is 34.4 Å². The number of aromatic nitrogens is 5. The Labute approximate surface area is 263 Å². The molecule has 4 aromatic rings. The Kier molecular flexibility index (Phi) is 8.85. The minimum atomic E-state index is -4.61. The molecule has 4 heterocycles. The highest BCUT2D eigenvalue weighted by atomic mass is 35.5. The van der Waals surface area contributed by atoms with Crippen LogP contribution in [-0.4, -0.2) is 72.5 Å². The van der Waals surface area contributed by atoms with Crippen molar-refractivity contribution in [3.63, 3.8) is 0 Å². The van der Waals surface area contributed by atoms with Crippen LogP contribution in [-0.2, 0) is 23.9 Å². The van der Waals surface area contributed by atoms with E-state index >= 15 is 0 Å². The Morgan fingerprint density at radius 2 is 1.80 bits per heavy atom. The van der Waals surface area contributed by atoms with Gasteiger partial charge in [0.15, 0.2) is 22.6 Å². The lowest BCUT2D eigenvalue weighted by molar-refractivity contribution is -0.137. The summed E-state index contributed by atoms with van der Waals surface area (Å²) in [5, 5.41) is 12.5. The molecule has 2 amide bonds. The monoisotopic (exact) mass is 664 g/mol. The summed E-state index contributed by atoms with van der Waals surface area (Å²) in [5.74, 6) is -1.44. The summed E-state index contributed by atoms with van der Waals surface area (Å²) in [7, 11) is 0. The average molecular weight is 665 g/mol. The molecular formula is C28H25Cl2F3N8O4. The van der Waals surface area contributed by atoms with E-state index in [0.29, 0.717) is 11.8 Å². The van der Waals surface area contributed by atoms with Crippen molar-refractivity contribution in [1.29, 1.82) is 0 Å². The smallest absolute Gasteiger partial charge is 0.416 e. The minimum absolute atomic E-state index is 0.0213. The summed E-state index contributed by atoms with van der Waals surface area (Å²) in [4.78, 5) is 59.6. The van der Waals surface area contributed by atoms with Crippen molar-refractivity contribution in [3.05, 3.63) is 73.8 Å². The van der Waals surface area contributed by atoms with E-state index in [1.807, 2.05) is 0 Å². The number of aryl methyl sites for hydroxylation is 1. The summed E-state index contributed by atoms with van der Waals surface area (Å²) >= 11 is 12.1. The number of alkyl halides is 3. The summed E-state index contributed by atoms with van der Waals surface area (Å²) in [5.41, 5.74) is -0.615. The van der Waals surface area contributed by atoms with E-state index in [9.17, 15) is 32.7 Å². The van der Waals surface area contributed by atoms with Crippen LogP contribution in [0, 0.1) is 6.92 Å². The van der Waals surface area contributed by atoms with E-state index in [0.717, 1.165) is 12.1 Å². The van der Waals surface area contributed by atoms with Crippen LogP contribution >= 0.6 is 23.2 Å². The highest BCUT2D eigenvalue weighted by molar-refractivity contribution is 6.33. The molecule has 17 heteroatoms. The zero-order valence-electron chi connectivity index (χ0n) is 23.8. The lowest BCUT2D eigenvalue weighted by atomic mass is 10.1. The van der Waals surface area contributed by atoms with Gasteiger partial charge in [0.2, 0.25) is 11.3 Å². The molecule has 0 unspecified atom stereocenters. The molecule has 0 bridgehead atoms. The van der Waals surface area contributed by atoms with Gasteiger partial charge in [-0.2, -0.15) is 13.2 Å². The van der Waals surface area contributed by atoms with Crippen LogP contribution in [0.2, 0.25) is 10.2 Å². The maximum atomic E-state index is 13.8. The number of hydrogen-bond donors (Lipinski definition) is 2. The zero-order chi connectivity index (χ0) is 32.6. The van der Waals surface area contributed by atoms with Crippen LogP contribution in [0.3, 0.4) is 0 Å². The van der Waals surface area contributed by atoms with E-state index in [1.165, 1.54) is 22.0 Å². The fourth-order valence-corrected chi connectivity index (χ4v) is 5.45. The molecule has 2 N–H and O–H groups in total. The summed E-state index contributed by atoms with van der Waals surface area (Å²) in [6, 6.07) is 2.57. The van der Waals surface area contributed by atoms with Gasteiger partial charge in [-0.3, -0.25) is 14.4 Å². The molecule has 1 fully saturated rings. The number of rotatable bonds is 6. The van der Waals surface area contributed by atoms with Gasteiger partial charge >= 0.3 is 6.18 Å². The van der Waals surface area contributed by atoms with E-state index in [4.69, 9.17) is 23.2 Å². The molecule has 0 spiro atoms. The predicted molar refractivity (Wildman–Crippen MR) is 160 cm³/mol. The Hall–Kier alpha value is -4.50. The third-order valence-corrected chi connectivity index (χ3v) is 7.80. The Morgan fingerprint density at radius 1 is 1.09 bits per heavy atom. The number of carbonyl (C=O) groups excluding carboxylic acids is 2. The maximum Gasteiger partial charge on any atom is 0.416 e. The number of halogens is 5. The molecule has 12 nitrogen and oxygen atoms in total. The molecule has 3 aromatic heterocycles. The lowest BCUT2D eigenvalue weighted by Gasteiger charge is -2.37. The number of benzene rings is 1. The average Bonchev–Trinajstić information content (AvgIpc) is 3.00. The van der Waals surface area contributed by atoms with Gasteiger partial charge in [0.25, 0.3) is 5.91 Å². The second-order valence-corrected chi connectivity index (χ2v) is 10.9. The quantitative estimate of drug-likeness (QED) is 0.311. The number of amides is 2. The number of anilines is 2. The van der Waals surface area contributed by atoms with Crippen molar-refractivity contribution < 1.29 is 27.9 Å². The first-order chi connectivity index (χ1) is 21.3. The van der Waals surface area contributed by atoms with Gasteiger partial charge in [-0.25, -0.2) is 19.9 Å². The van der Waals surface area contributed by atoms with E-state index in [1.54, 1.807) is 18.7 Å². The molecule has 236 valence electrons. The van der Waals surface area contributed by atoms with Gasteiger partial charge in [0.1, 0.15) is 23.7 Å². The number of aromatic hydroxyl groups is 1. The Bertz CT molecular complexity index is 1880. The first-order valence-electron chi connectivity index (χ1n) is 13.6. The fourth-order valence-electron chi connectivity index (χ4n) is 5.09. The van der Waals surface area contributed by atoms with E-state index in [-0.39, 0.29) is 82.5 Å². The van der Waals surface area contributed by atoms with Gasteiger partial charge in [-0.15, -0.1) is 0 Å². The second kappa shape index (κ2) is 12.5. The molecule has 45 heavy (non-hydrogen) atoms. The van der Waals surface area contributed by atoms with E-state index in [2.05, 4.69) is 25.3 Å². The van der Waals surface area contributed by atoms with Crippen molar-refractivity contribution in [2.45, 2.75) is 33.0 Å². The van der Waals surface area contributed by atoms with Gasteiger partial charge in [-0.1, -0.05) is 30.1 Å². The summed E-state index contributed by atoms with van der Waals surface area (Å²) < 4.78 is 40.7. The zero-order valence-corrected chi connectivity index (χ0v) is 25.3. The van der Waals surface area contributed by atoms with Crippen molar-refractivity contribution in [3.8, 4) is 5.75 Å². The summed E-state index contributed by atoms with van der Waals surface area (Å²) in [6.45, 7) is 3.80. The van der Waals surface area contributed by atoms with Gasteiger partial charge < -0.3 is 24.8 Å². The number of nitrogens with zero attached hydrogens (tertiary/aromatic N) is 7. The molecule has 0 radical (unpaired) electrons. The van der Waals surface area contributed by atoms with Crippen LogP contribution in [0.15, 0.2) is 35.5 Å². The third-order valence-electron chi connectivity index (χ3n) is 7.31. The Balaban J connectivity index is 1.46. The van der Waals surface area contributed by atoms with Crippen LogP contribution in [0.4, 0.5) is 24.5 Å². The number of hydrogen-bond acceptors (Lipinski definition) is 9. The molecule has 1 aliphatic rings. The number of nitrogens with one attached hydrogen (secondary N) is 1. The van der Waals surface area contributed by atoms with Crippen LogP contribution in [0.25, 0.3) is 11.2 Å². The topological polar surface area (TPSA) is 146 Å². The number of fused-ring (bicyclic) bond motifs is 1. The Morgan fingerprint density at radius 3 is 2.44 bits per heavy atom. The molecule has 0 saturated carbocycles. The van der Waals surface area contributed by atoms with Crippen molar-refractivity contribution in [2.75, 3.05) is 36.4 Å². The van der Waals surface area contributed by atoms with Gasteiger partial charge in [0, 0.05) is 31.9 Å². The van der Waals surface area contributed by atoms with Crippen molar-refractivity contribution >= 4 is 57.6 Å². The van der Waals surface area contributed by atoms with Crippen LogP contribution < -0.4 is 15.6 Å². The first-order valence-corrected chi connectivity index (χ1v) is 14.3. The van der Waals surface area contributed by atoms with Crippen LogP contribution in [0.5, 0.6) is 5.75 Å². The number of carbonyl (C=O) groups is 2. The molecule has 1 saturated heterocycles. The normalized spacial score (nSPS) is 13.8. The molecule has 1 aromatic carbocycles. The van der Waals surface area contributed by atoms with Crippen molar-refractivity contribution in [1.82, 2.24) is 29.4 Å². The third kappa shape index (κ3) is 6.35. The lowest BCUT2D eigenvalue weighted by Crippen LogP contribution is -2.50. The SMILES string of the molecule is CCc1c(N2CCN(C(=O)c3ncnc(C)c3O)CC2)c(=O)c2ncc(Cl)nc2n1CC(=O)Nc1ccc(C(F)(F)F)cc1Cl. The van der Waals surface area contributed by atoms with Crippen molar-refractivity contribution in [2.24, 2.45) is 0 Å². The maximum absolute atomic E-state index is 13.8. The molecule has 5 rings (SSSR count). The molecule has 0 atom stereocenters.